The first-order valence-electron chi connectivity index (χ1n) is 8.63. The van der Waals surface area contributed by atoms with Crippen LogP contribution in [0.4, 0.5) is 0 Å². The molecule has 4 aromatic rings. The van der Waals surface area contributed by atoms with Crippen molar-refractivity contribution in [2.45, 2.75) is 20.4 Å². The Morgan fingerprint density at radius 2 is 1.89 bits per heavy atom. The molecule has 28 heavy (non-hydrogen) atoms. The summed E-state index contributed by atoms with van der Waals surface area (Å²) in [7, 11) is 0. The normalized spacial score (nSPS) is 10.8. The van der Waals surface area contributed by atoms with Crippen molar-refractivity contribution < 1.29 is 0 Å². The van der Waals surface area contributed by atoms with Gasteiger partial charge in [-0.3, -0.25) is 0 Å². The minimum absolute atomic E-state index is 0.412. The fourth-order valence-electron chi connectivity index (χ4n) is 2.96. The number of benzene rings is 2. The third kappa shape index (κ3) is 3.38. The molecule has 2 aromatic heterocycles. The van der Waals surface area contributed by atoms with Crippen molar-refractivity contribution in [3.05, 3.63) is 76.1 Å². The molecule has 2 heterocycles. The molecule has 0 spiro atoms. The van der Waals surface area contributed by atoms with Crippen LogP contribution in [0.15, 0.2) is 48.7 Å². The second-order valence-corrected chi connectivity index (χ2v) is 6.86. The maximum atomic E-state index is 8.88. The molecule has 0 aliphatic heterocycles. The van der Waals surface area contributed by atoms with Crippen molar-refractivity contribution in [2.24, 2.45) is 0 Å². The molecule has 0 radical (unpaired) electrons. The summed E-state index contributed by atoms with van der Waals surface area (Å²) in [6.45, 7) is 4.51. The summed E-state index contributed by atoms with van der Waals surface area (Å²) in [6.07, 6.45) is 1.64. The molecule has 0 saturated carbocycles. The van der Waals surface area contributed by atoms with E-state index in [9.17, 15) is 0 Å². The van der Waals surface area contributed by atoms with E-state index in [2.05, 4.69) is 32.6 Å². The fourth-order valence-corrected chi connectivity index (χ4v) is 3.23. The van der Waals surface area contributed by atoms with Crippen molar-refractivity contribution in [1.29, 1.82) is 5.26 Å². The van der Waals surface area contributed by atoms with Gasteiger partial charge in [0.2, 0.25) is 5.82 Å². The highest BCUT2D eigenvalue weighted by atomic mass is 35.5. The third-order valence-corrected chi connectivity index (χ3v) is 4.76. The van der Waals surface area contributed by atoms with Gasteiger partial charge >= 0.3 is 0 Å². The summed E-state index contributed by atoms with van der Waals surface area (Å²) in [4.78, 5) is 1.49. The van der Waals surface area contributed by atoms with Gasteiger partial charge in [0, 0.05) is 0 Å². The van der Waals surface area contributed by atoms with Crippen LogP contribution in [0.2, 0.25) is 5.15 Å². The Morgan fingerprint density at radius 3 is 2.61 bits per heavy atom. The Bertz CT molecular complexity index is 1180. The molecule has 0 N–H and O–H groups in total. The van der Waals surface area contributed by atoms with E-state index in [0.717, 1.165) is 16.8 Å². The Kier molecular flexibility index (Phi) is 4.63. The van der Waals surface area contributed by atoms with Crippen LogP contribution in [0.3, 0.4) is 0 Å². The highest BCUT2D eigenvalue weighted by Gasteiger charge is 2.17. The van der Waals surface area contributed by atoms with Gasteiger partial charge in [-0.15, -0.1) is 10.2 Å². The third-order valence-electron chi connectivity index (χ3n) is 4.39. The van der Waals surface area contributed by atoms with E-state index in [1.54, 1.807) is 23.0 Å². The number of aryl methyl sites for hydroxylation is 2. The van der Waals surface area contributed by atoms with Gasteiger partial charge in [-0.25, -0.2) is 4.68 Å². The maximum absolute atomic E-state index is 8.88. The molecule has 4 rings (SSSR count). The minimum atomic E-state index is 0.412. The molecule has 7 nitrogen and oxygen atoms in total. The van der Waals surface area contributed by atoms with E-state index >= 15 is 0 Å². The zero-order chi connectivity index (χ0) is 19.7. The van der Waals surface area contributed by atoms with Crippen LogP contribution in [0.5, 0.6) is 0 Å². The van der Waals surface area contributed by atoms with E-state index in [0.29, 0.717) is 28.6 Å². The lowest BCUT2D eigenvalue weighted by atomic mass is 10.1. The maximum Gasteiger partial charge on any atom is 0.209 e. The molecular weight excluding hydrogens is 374 g/mol. The van der Waals surface area contributed by atoms with Crippen LogP contribution in [0.1, 0.15) is 22.3 Å². The topological polar surface area (TPSA) is 85.2 Å². The van der Waals surface area contributed by atoms with Crippen LogP contribution in [-0.2, 0) is 6.54 Å². The first kappa shape index (κ1) is 17.9. The van der Waals surface area contributed by atoms with Crippen molar-refractivity contribution in [1.82, 2.24) is 30.0 Å². The number of rotatable bonds is 4. The molecule has 0 unspecified atom stereocenters. The summed E-state index contributed by atoms with van der Waals surface area (Å²) in [5.41, 5.74) is 5.37. The van der Waals surface area contributed by atoms with Crippen LogP contribution >= 0.6 is 11.6 Å². The van der Waals surface area contributed by atoms with Crippen molar-refractivity contribution >= 4 is 11.6 Å². The minimum Gasteiger partial charge on any atom is -0.221 e. The lowest BCUT2D eigenvalue weighted by Crippen LogP contribution is -2.04. The summed E-state index contributed by atoms with van der Waals surface area (Å²) >= 11 is 6.56. The summed E-state index contributed by atoms with van der Waals surface area (Å²) in [5.74, 6) is 0.412. The van der Waals surface area contributed by atoms with Crippen LogP contribution in [0.25, 0.3) is 17.1 Å². The zero-order valence-electron chi connectivity index (χ0n) is 15.3. The van der Waals surface area contributed by atoms with Crippen molar-refractivity contribution in [3.8, 4) is 23.1 Å². The second-order valence-electron chi connectivity index (χ2n) is 6.50. The molecule has 0 atom stereocenters. The van der Waals surface area contributed by atoms with Gasteiger partial charge in [0.05, 0.1) is 35.6 Å². The summed E-state index contributed by atoms with van der Waals surface area (Å²) < 4.78 is 1.67. The number of nitrogens with zero attached hydrogens (tertiary/aromatic N) is 7. The van der Waals surface area contributed by atoms with E-state index in [-0.39, 0.29) is 0 Å². The highest BCUT2D eigenvalue weighted by molar-refractivity contribution is 6.32. The highest BCUT2D eigenvalue weighted by Crippen LogP contribution is 2.28. The summed E-state index contributed by atoms with van der Waals surface area (Å²) in [5, 5.41) is 26.3. The molecule has 8 heteroatoms. The molecule has 0 bridgehead atoms. The van der Waals surface area contributed by atoms with Crippen molar-refractivity contribution in [2.75, 3.05) is 0 Å². The number of halogens is 1. The predicted octanol–water partition coefficient (Wildman–Crippen LogP) is 3.72. The second kappa shape index (κ2) is 7.25. The average molecular weight is 390 g/mol. The molecule has 0 fully saturated rings. The quantitative estimate of drug-likeness (QED) is 0.531. The van der Waals surface area contributed by atoms with Gasteiger partial charge in [0.1, 0.15) is 5.15 Å². The monoisotopic (exact) mass is 389 g/mol. The van der Waals surface area contributed by atoms with E-state index in [1.807, 2.05) is 38.1 Å². The first-order valence-corrected chi connectivity index (χ1v) is 9.01. The lowest BCUT2D eigenvalue weighted by Gasteiger charge is -2.08. The number of hydrogen-bond acceptors (Lipinski definition) is 5. The fraction of sp³-hybridized carbons (Fsp3) is 0.150. The van der Waals surface area contributed by atoms with Crippen LogP contribution in [0, 0.1) is 25.2 Å². The Labute approximate surface area is 166 Å². The van der Waals surface area contributed by atoms with Crippen LogP contribution < -0.4 is 0 Å². The molecule has 2 aromatic carbocycles. The first-order chi connectivity index (χ1) is 13.5. The van der Waals surface area contributed by atoms with Gasteiger partial charge in [-0.05, 0) is 48.4 Å². The lowest BCUT2D eigenvalue weighted by molar-refractivity contribution is 0.573. The number of nitriles is 1. The van der Waals surface area contributed by atoms with Crippen LogP contribution in [-0.4, -0.2) is 30.0 Å². The Morgan fingerprint density at radius 1 is 1.11 bits per heavy atom. The number of tetrazole rings is 1. The molecular formula is C20H16ClN7. The van der Waals surface area contributed by atoms with E-state index in [4.69, 9.17) is 16.9 Å². The standard InChI is InChI=1S/C20H16ClN7/c1-13-3-8-18(14(2)9-13)28-19(21)17(11-23-28)20-24-26-27(25-20)12-16-6-4-15(10-22)5-7-16/h3-9,11H,12H2,1-2H3. The van der Waals surface area contributed by atoms with E-state index in [1.165, 1.54) is 10.4 Å². The Hall–Kier alpha value is -3.50. The predicted molar refractivity (Wildman–Crippen MR) is 105 cm³/mol. The van der Waals surface area contributed by atoms with E-state index < -0.39 is 0 Å². The number of aromatic nitrogens is 6. The smallest absolute Gasteiger partial charge is 0.209 e. The van der Waals surface area contributed by atoms with Gasteiger partial charge in [0.25, 0.3) is 0 Å². The largest absolute Gasteiger partial charge is 0.221 e. The zero-order valence-corrected chi connectivity index (χ0v) is 16.1. The molecule has 0 amide bonds. The van der Waals surface area contributed by atoms with Gasteiger partial charge < -0.3 is 0 Å². The van der Waals surface area contributed by atoms with Crippen molar-refractivity contribution in [3.63, 3.8) is 0 Å². The van der Waals surface area contributed by atoms with Gasteiger partial charge in [-0.1, -0.05) is 41.4 Å². The summed E-state index contributed by atoms with van der Waals surface area (Å²) in [6, 6.07) is 15.4. The molecule has 0 aliphatic rings. The number of hydrogen-bond donors (Lipinski definition) is 0. The van der Waals surface area contributed by atoms with Gasteiger partial charge in [-0.2, -0.15) is 15.2 Å². The molecule has 0 saturated heterocycles. The Balaban J connectivity index is 1.60. The average Bonchev–Trinajstić information content (AvgIpc) is 3.29. The van der Waals surface area contributed by atoms with Gasteiger partial charge in [0.15, 0.2) is 0 Å². The molecule has 138 valence electrons. The SMILES string of the molecule is Cc1ccc(-n2ncc(-c3nnn(Cc4ccc(C#N)cc4)n3)c2Cl)c(C)c1. The molecule has 0 aliphatic carbocycles.